The van der Waals surface area contributed by atoms with Crippen LogP contribution in [0.3, 0.4) is 0 Å². The Bertz CT molecular complexity index is 738. The summed E-state index contributed by atoms with van der Waals surface area (Å²) in [6, 6.07) is 4.44. The summed E-state index contributed by atoms with van der Waals surface area (Å²) >= 11 is 0. The number of hydrogen-bond acceptors (Lipinski definition) is 4. The lowest BCUT2D eigenvalue weighted by molar-refractivity contribution is -0.0173. The highest BCUT2D eigenvalue weighted by Gasteiger charge is 2.19. The summed E-state index contributed by atoms with van der Waals surface area (Å²) in [5.74, 6) is 0.901. The molecule has 1 aromatic heterocycles. The molecule has 0 saturated carbocycles. The van der Waals surface area contributed by atoms with Gasteiger partial charge in [-0.05, 0) is 30.7 Å². The highest BCUT2D eigenvalue weighted by atomic mass is 19.1. The molecule has 1 aromatic carbocycles. The van der Waals surface area contributed by atoms with Crippen molar-refractivity contribution >= 4 is 5.91 Å². The number of aryl methyl sites for hydroxylation is 2. The normalized spacial score (nSPS) is 13.3. The maximum atomic E-state index is 13.7. The molecule has 1 aliphatic heterocycles. The van der Waals surface area contributed by atoms with Crippen LogP contribution in [0.5, 0.6) is 5.75 Å². The Morgan fingerprint density at radius 1 is 1.35 bits per heavy atom. The summed E-state index contributed by atoms with van der Waals surface area (Å²) in [5.41, 5.74) is 2.17. The Morgan fingerprint density at radius 2 is 2.17 bits per heavy atom. The molecule has 0 unspecified atom stereocenters. The lowest BCUT2D eigenvalue weighted by atomic mass is 10.1. The minimum absolute atomic E-state index is 0.122. The lowest BCUT2D eigenvalue weighted by Gasteiger charge is -2.20. The third-order valence-corrected chi connectivity index (χ3v) is 3.76. The smallest absolute Gasteiger partial charge is 0.287 e. The van der Waals surface area contributed by atoms with Gasteiger partial charge in [0.05, 0.1) is 6.61 Å². The topological polar surface area (TPSA) is 60.7 Å². The van der Waals surface area contributed by atoms with E-state index in [4.69, 9.17) is 13.9 Å². The molecule has 122 valence electrons. The number of halogens is 1. The summed E-state index contributed by atoms with van der Waals surface area (Å²) in [6.45, 7) is 4.43. The molecule has 1 N–H and O–H groups in total. The van der Waals surface area contributed by atoms with Crippen LogP contribution in [0.1, 0.15) is 39.9 Å². The SMILES string of the molecule is CCc1oc(C(=O)NCc2cc(F)cc3c2OCOC3)cc1C. The average molecular weight is 319 g/mol. The van der Waals surface area contributed by atoms with Crippen molar-refractivity contribution in [2.75, 3.05) is 6.79 Å². The van der Waals surface area contributed by atoms with Crippen LogP contribution in [0.15, 0.2) is 22.6 Å². The summed E-state index contributed by atoms with van der Waals surface area (Å²) < 4.78 is 29.7. The van der Waals surface area contributed by atoms with E-state index in [1.54, 1.807) is 6.07 Å². The summed E-state index contributed by atoms with van der Waals surface area (Å²) in [4.78, 5) is 12.2. The second-order valence-electron chi connectivity index (χ2n) is 5.42. The van der Waals surface area contributed by atoms with Crippen molar-refractivity contribution in [1.82, 2.24) is 5.32 Å². The van der Waals surface area contributed by atoms with Gasteiger partial charge in [0.2, 0.25) is 0 Å². The van der Waals surface area contributed by atoms with Crippen molar-refractivity contribution in [2.24, 2.45) is 0 Å². The molecule has 3 rings (SSSR count). The van der Waals surface area contributed by atoms with Crippen LogP contribution in [0.25, 0.3) is 0 Å². The van der Waals surface area contributed by atoms with Gasteiger partial charge in [0.1, 0.15) is 17.3 Å². The number of rotatable bonds is 4. The van der Waals surface area contributed by atoms with Gasteiger partial charge in [0, 0.05) is 24.1 Å². The Balaban J connectivity index is 1.75. The molecule has 0 atom stereocenters. The maximum Gasteiger partial charge on any atom is 0.287 e. The van der Waals surface area contributed by atoms with Gasteiger partial charge in [0.15, 0.2) is 12.6 Å². The fraction of sp³-hybridized carbons (Fsp3) is 0.353. The molecule has 1 aliphatic rings. The Morgan fingerprint density at radius 3 is 2.91 bits per heavy atom. The van der Waals surface area contributed by atoms with Gasteiger partial charge in [-0.2, -0.15) is 0 Å². The minimum Gasteiger partial charge on any atom is -0.467 e. The van der Waals surface area contributed by atoms with E-state index >= 15 is 0 Å². The predicted molar refractivity (Wildman–Crippen MR) is 80.7 cm³/mol. The second kappa shape index (κ2) is 6.42. The number of carbonyl (C=O) groups excluding carboxylic acids is 1. The molecule has 6 heteroatoms. The Labute approximate surface area is 133 Å². The van der Waals surface area contributed by atoms with Crippen LogP contribution in [0.2, 0.25) is 0 Å². The van der Waals surface area contributed by atoms with Crippen molar-refractivity contribution in [2.45, 2.75) is 33.4 Å². The molecule has 0 saturated heterocycles. The van der Waals surface area contributed by atoms with E-state index in [9.17, 15) is 9.18 Å². The van der Waals surface area contributed by atoms with Crippen molar-refractivity contribution in [3.63, 3.8) is 0 Å². The van der Waals surface area contributed by atoms with E-state index in [2.05, 4.69) is 5.32 Å². The van der Waals surface area contributed by atoms with Gasteiger partial charge >= 0.3 is 0 Å². The van der Waals surface area contributed by atoms with Gasteiger partial charge in [-0.1, -0.05) is 6.92 Å². The lowest BCUT2D eigenvalue weighted by Crippen LogP contribution is -2.24. The average Bonchev–Trinajstić information content (AvgIpc) is 2.93. The van der Waals surface area contributed by atoms with Crippen molar-refractivity contribution in [3.05, 3.63) is 52.2 Å². The number of furan rings is 1. The molecule has 0 fully saturated rings. The highest BCUT2D eigenvalue weighted by Crippen LogP contribution is 2.29. The molecule has 0 bridgehead atoms. The monoisotopic (exact) mass is 319 g/mol. The van der Waals surface area contributed by atoms with E-state index in [-0.39, 0.29) is 30.8 Å². The molecular weight excluding hydrogens is 301 g/mol. The Kier molecular flexibility index (Phi) is 4.34. The summed E-state index contributed by atoms with van der Waals surface area (Å²) in [6.07, 6.45) is 0.727. The zero-order valence-electron chi connectivity index (χ0n) is 13.1. The quantitative estimate of drug-likeness (QED) is 0.941. The molecular formula is C17H18FNO4. The highest BCUT2D eigenvalue weighted by molar-refractivity contribution is 5.91. The van der Waals surface area contributed by atoms with Crippen LogP contribution in [0, 0.1) is 12.7 Å². The van der Waals surface area contributed by atoms with Crippen LogP contribution in [0.4, 0.5) is 4.39 Å². The van der Waals surface area contributed by atoms with E-state index < -0.39 is 0 Å². The number of benzene rings is 1. The van der Waals surface area contributed by atoms with Crippen molar-refractivity contribution < 1.29 is 23.1 Å². The zero-order valence-corrected chi connectivity index (χ0v) is 13.1. The first-order valence-corrected chi connectivity index (χ1v) is 7.47. The first kappa shape index (κ1) is 15.6. The molecule has 5 nitrogen and oxygen atoms in total. The van der Waals surface area contributed by atoms with Gasteiger partial charge in [-0.3, -0.25) is 4.79 Å². The van der Waals surface area contributed by atoms with Gasteiger partial charge < -0.3 is 19.2 Å². The van der Waals surface area contributed by atoms with Crippen molar-refractivity contribution in [3.8, 4) is 5.75 Å². The van der Waals surface area contributed by atoms with Crippen LogP contribution in [-0.2, 0) is 24.3 Å². The van der Waals surface area contributed by atoms with Crippen LogP contribution in [-0.4, -0.2) is 12.7 Å². The third-order valence-electron chi connectivity index (χ3n) is 3.76. The summed E-state index contributed by atoms with van der Waals surface area (Å²) in [5, 5.41) is 2.74. The molecule has 1 amide bonds. The van der Waals surface area contributed by atoms with E-state index in [1.807, 2.05) is 13.8 Å². The van der Waals surface area contributed by atoms with E-state index in [0.717, 1.165) is 17.7 Å². The zero-order chi connectivity index (χ0) is 16.4. The molecule has 0 spiro atoms. The van der Waals surface area contributed by atoms with Crippen LogP contribution < -0.4 is 10.1 Å². The van der Waals surface area contributed by atoms with E-state index in [1.165, 1.54) is 12.1 Å². The maximum absolute atomic E-state index is 13.7. The predicted octanol–water partition coefficient (Wildman–Crippen LogP) is 3.09. The summed E-state index contributed by atoms with van der Waals surface area (Å²) in [7, 11) is 0. The first-order valence-electron chi connectivity index (χ1n) is 7.47. The largest absolute Gasteiger partial charge is 0.467 e. The number of hydrogen-bond donors (Lipinski definition) is 1. The van der Waals surface area contributed by atoms with Crippen LogP contribution >= 0.6 is 0 Å². The minimum atomic E-state index is -0.385. The molecule has 0 radical (unpaired) electrons. The first-order chi connectivity index (χ1) is 11.1. The number of fused-ring (bicyclic) bond motifs is 1. The number of carbonyl (C=O) groups is 1. The van der Waals surface area contributed by atoms with Gasteiger partial charge in [-0.15, -0.1) is 0 Å². The van der Waals surface area contributed by atoms with E-state index in [0.29, 0.717) is 23.5 Å². The number of nitrogens with one attached hydrogen (secondary N) is 1. The third kappa shape index (κ3) is 3.22. The van der Waals surface area contributed by atoms with Gasteiger partial charge in [-0.25, -0.2) is 4.39 Å². The molecule has 0 aliphatic carbocycles. The molecule has 2 aromatic rings. The van der Waals surface area contributed by atoms with Gasteiger partial charge in [0.25, 0.3) is 5.91 Å². The number of ether oxygens (including phenoxy) is 2. The number of amides is 1. The van der Waals surface area contributed by atoms with Crippen molar-refractivity contribution in [1.29, 1.82) is 0 Å². The molecule has 2 heterocycles. The standard InChI is InChI=1S/C17H18FNO4/c1-3-14-10(2)4-15(23-14)17(20)19-7-11-5-13(18)6-12-8-21-9-22-16(11)12/h4-6H,3,7-9H2,1-2H3,(H,19,20). The molecule has 23 heavy (non-hydrogen) atoms. The fourth-order valence-corrected chi connectivity index (χ4v) is 2.63. The fourth-order valence-electron chi connectivity index (χ4n) is 2.63. The second-order valence-corrected chi connectivity index (χ2v) is 5.42. The Hall–Kier alpha value is -2.34.